The summed E-state index contributed by atoms with van der Waals surface area (Å²) in [6.07, 6.45) is 7.65. The van der Waals surface area contributed by atoms with Gasteiger partial charge >= 0.3 is 0 Å². The number of thiazole rings is 1. The van der Waals surface area contributed by atoms with E-state index in [2.05, 4.69) is 44.5 Å². The Morgan fingerprint density at radius 1 is 1.07 bits per heavy atom. The van der Waals surface area contributed by atoms with Crippen LogP contribution in [0.25, 0.3) is 27.1 Å². The van der Waals surface area contributed by atoms with Crippen LogP contribution in [0.5, 0.6) is 0 Å². The predicted octanol–water partition coefficient (Wildman–Crippen LogP) is 4.68. The summed E-state index contributed by atoms with van der Waals surface area (Å²) in [6, 6.07) is 12.5. The number of hydrogen-bond donors (Lipinski definition) is 1. The van der Waals surface area contributed by atoms with Gasteiger partial charge in [0.05, 0.1) is 28.0 Å². The van der Waals surface area contributed by atoms with Gasteiger partial charge in [-0.1, -0.05) is 12.1 Å². The van der Waals surface area contributed by atoms with E-state index >= 15 is 0 Å². The van der Waals surface area contributed by atoms with Crippen molar-refractivity contribution >= 4 is 44.9 Å². The molecule has 2 aromatic carbocycles. The second-order valence-electron chi connectivity index (χ2n) is 6.68. The van der Waals surface area contributed by atoms with E-state index in [1.165, 1.54) is 15.8 Å². The van der Waals surface area contributed by atoms with Gasteiger partial charge in [-0.15, -0.1) is 11.3 Å². The van der Waals surface area contributed by atoms with Gasteiger partial charge in [-0.3, -0.25) is 4.99 Å². The van der Waals surface area contributed by atoms with Crippen LogP contribution in [0.1, 0.15) is 11.1 Å². The number of fused-ring (bicyclic) bond motifs is 3. The molecule has 0 radical (unpaired) electrons. The maximum atomic E-state index is 4.88. The summed E-state index contributed by atoms with van der Waals surface area (Å²) in [5.74, 6) is 0.717. The summed E-state index contributed by atoms with van der Waals surface area (Å²) in [7, 11) is 0. The molecule has 6 nitrogen and oxygen atoms in total. The van der Waals surface area contributed by atoms with E-state index in [4.69, 9.17) is 4.98 Å². The molecule has 0 spiro atoms. The first-order chi connectivity index (χ1) is 13.8. The molecule has 0 saturated carbocycles. The average Bonchev–Trinajstić information content (AvgIpc) is 3.46. The van der Waals surface area contributed by atoms with Gasteiger partial charge in [-0.2, -0.15) is 0 Å². The molecule has 28 heavy (non-hydrogen) atoms. The zero-order valence-electron chi connectivity index (χ0n) is 14.7. The molecule has 134 valence electrons. The van der Waals surface area contributed by atoms with Gasteiger partial charge in [-0.05, 0) is 35.4 Å². The topological polar surface area (TPSA) is 67.5 Å². The molecule has 1 aliphatic rings. The van der Waals surface area contributed by atoms with E-state index in [-0.39, 0.29) is 0 Å². The van der Waals surface area contributed by atoms with E-state index in [1.54, 1.807) is 17.5 Å². The molecule has 0 bridgehead atoms. The fourth-order valence-electron chi connectivity index (χ4n) is 3.50. The number of nitrogens with zero attached hydrogens (tertiary/aromatic N) is 5. The van der Waals surface area contributed by atoms with Crippen LogP contribution in [0, 0.1) is 0 Å². The summed E-state index contributed by atoms with van der Waals surface area (Å²) in [4.78, 5) is 18.1. The van der Waals surface area contributed by atoms with Crippen LogP contribution in [0.2, 0.25) is 0 Å². The van der Waals surface area contributed by atoms with Crippen molar-refractivity contribution in [1.82, 2.24) is 19.4 Å². The summed E-state index contributed by atoms with van der Waals surface area (Å²) in [6.45, 7) is 0.731. The van der Waals surface area contributed by atoms with Crippen LogP contribution in [0.3, 0.4) is 0 Å². The van der Waals surface area contributed by atoms with Gasteiger partial charge in [0.25, 0.3) is 0 Å². The quantitative estimate of drug-likeness (QED) is 0.492. The number of rotatable bonds is 3. The third kappa shape index (κ3) is 2.48. The van der Waals surface area contributed by atoms with Crippen molar-refractivity contribution in [1.29, 1.82) is 0 Å². The van der Waals surface area contributed by atoms with Crippen LogP contribution >= 0.6 is 11.3 Å². The van der Waals surface area contributed by atoms with Crippen molar-refractivity contribution in [3.05, 3.63) is 71.6 Å². The molecule has 5 aromatic rings. The molecule has 3 aromatic heterocycles. The van der Waals surface area contributed by atoms with Crippen molar-refractivity contribution < 1.29 is 0 Å². The number of aliphatic imine (C=N–C) groups is 1. The second kappa shape index (κ2) is 5.97. The molecule has 0 fully saturated rings. The van der Waals surface area contributed by atoms with Gasteiger partial charge in [0.1, 0.15) is 0 Å². The van der Waals surface area contributed by atoms with Crippen molar-refractivity contribution in [2.75, 3.05) is 5.32 Å². The smallest absolute Gasteiger partial charge is 0.180 e. The SMILES string of the molecule is C1=NCc2cc(-c3cn4ccnc4c(Nc4ccc5scnc5c4)n3)ccc21. The molecule has 0 aliphatic carbocycles. The van der Waals surface area contributed by atoms with E-state index in [1.807, 2.05) is 40.7 Å². The Kier molecular flexibility index (Phi) is 3.30. The molecule has 0 amide bonds. The minimum atomic E-state index is 0.717. The minimum absolute atomic E-state index is 0.717. The third-order valence-corrected chi connectivity index (χ3v) is 5.71. The summed E-state index contributed by atoms with van der Waals surface area (Å²) in [5, 5.41) is 3.42. The normalized spacial score (nSPS) is 12.7. The fourth-order valence-corrected chi connectivity index (χ4v) is 4.16. The maximum Gasteiger partial charge on any atom is 0.180 e. The van der Waals surface area contributed by atoms with Gasteiger partial charge in [0, 0.05) is 36.1 Å². The average molecular weight is 382 g/mol. The highest BCUT2D eigenvalue weighted by atomic mass is 32.1. The number of benzene rings is 2. The largest absolute Gasteiger partial charge is 0.337 e. The summed E-state index contributed by atoms with van der Waals surface area (Å²) >= 11 is 1.63. The summed E-state index contributed by atoms with van der Waals surface area (Å²) in [5.41, 5.74) is 8.93. The number of aromatic nitrogens is 4. The lowest BCUT2D eigenvalue weighted by atomic mass is 10.0. The maximum absolute atomic E-state index is 4.88. The van der Waals surface area contributed by atoms with Crippen LogP contribution in [-0.2, 0) is 6.54 Å². The third-order valence-electron chi connectivity index (χ3n) is 4.90. The van der Waals surface area contributed by atoms with Gasteiger partial charge in [0.15, 0.2) is 11.5 Å². The highest BCUT2D eigenvalue weighted by Gasteiger charge is 2.13. The van der Waals surface area contributed by atoms with Crippen molar-refractivity contribution in [3.8, 4) is 11.3 Å². The molecule has 1 aliphatic heterocycles. The molecule has 0 atom stereocenters. The summed E-state index contributed by atoms with van der Waals surface area (Å²) < 4.78 is 3.16. The molecule has 0 unspecified atom stereocenters. The number of imidazole rings is 1. The highest BCUT2D eigenvalue weighted by Crippen LogP contribution is 2.28. The zero-order chi connectivity index (χ0) is 18.5. The van der Waals surface area contributed by atoms with Crippen LogP contribution in [-0.4, -0.2) is 25.6 Å². The van der Waals surface area contributed by atoms with Crippen LogP contribution < -0.4 is 5.32 Å². The standard InChI is InChI=1S/C21H14N6S/c1-2-14-9-22-10-15(14)7-13(1)18-11-27-6-5-23-21(27)20(26-18)25-16-3-4-19-17(8-16)24-12-28-19/h1-9,11-12H,10H2,(H,25,26). The number of anilines is 2. The fraction of sp³-hybridized carbons (Fsp3) is 0.0476. The molecular weight excluding hydrogens is 368 g/mol. The van der Waals surface area contributed by atoms with Gasteiger partial charge < -0.3 is 9.72 Å². The lowest BCUT2D eigenvalue weighted by Gasteiger charge is -2.11. The Balaban J connectivity index is 1.45. The lowest BCUT2D eigenvalue weighted by molar-refractivity contribution is 1.10. The first-order valence-electron chi connectivity index (χ1n) is 8.91. The Morgan fingerprint density at radius 2 is 2.07 bits per heavy atom. The zero-order valence-corrected chi connectivity index (χ0v) is 15.5. The highest BCUT2D eigenvalue weighted by molar-refractivity contribution is 7.16. The molecule has 7 heteroatoms. The Hall–Kier alpha value is -3.58. The van der Waals surface area contributed by atoms with Crippen LogP contribution in [0.4, 0.5) is 11.5 Å². The number of nitrogens with one attached hydrogen (secondary N) is 1. The first-order valence-corrected chi connectivity index (χ1v) is 9.79. The molecule has 1 N–H and O–H groups in total. The molecule has 6 rings (SSSR count). The van der Waals surface area contributed by atoms with E-state index in [9.17, 15) is 0 Å². The Bertz CT molecular complexity index is 1380. The Labute approximate surface area is 164 Å². The van der Waals surface area contributed by atoms with E-state index < -0.39 is 0 Å². The molecule has 0 saturated heterocycles. The lowest BCUT2D eigenvalue weighted by Crippen LogP contribution is -2.00. The number of hydrogen-bond acceptors (Lipinski definition) is 6. The predicted molar refractivity (Wildman–Crippen MR) is 113 cm³/mol. The van der Waals surface area contributed by atoms with Crippen molar-refractivity contribution in [2.24, 2.45) is 4.99 Å². The van der Waals surface area contributed by atoms with E-state index in [0.29, 0.717) is 5.82 Å². The van der Waals surface area contributed by atoms with E-state index in [0.717, 1.165) is 34.7 Å². The van der Waals surface area contributed by atoms with Gasteiger partial charge in [-0.25, -0.2) is 15.0 Å². The van der Waals surface area contributed by atoms with Gasteiger partial charge in [0.2, 0.25) is 0 Å². The minimum Gasteiger partial charge on any atom is -0.337 e. The second-order valence-corrected chi connectivity index (χ2v) is 7.56. The monoisotopic (exact) mass is 382 g/mol. The Morgan fingerprint density at radius 3 is 3.07 bits per heavy atom. The molecule has 4 heterocycles. The van der Waals surface area contributed by atoms with Crippen LogP contribution in [0.15, 0.2) is 65.5 Å². The first kappa shape index (κ1) is 15.5. The molecular formula is C21H14N6S. The van der Waals surface area contributed by atoms with Crippen molar-refractivity contribution in [2.45, 2.75) is 6.54 Å². The van der Waals surface area contributed by atoms with Crippen molar-refractivity contribution in [3.63, 3.8) is 0 Å².